The van der Waals surface area contributed by atoms with Gasteiger partial charge in [-0.2, -0.15) is 5.48 Å². The molecule has 0 aliphatic carbocycles. The molecular formula is C11H11ClF3N3O2. The van der Waals surface area contributed by atoms with Crippen molar-refractivity contribution in [2.45, 2.75) is 6.92 Å². The van der Waals surface area contributed by atoms with E-state index in [1.807, 2.05) is 0 Å². The lowest BCUT2D eigenvalue weighted by Gasteiger charge is -2.05. The summed E-state index contributed by atoms with van der Waals surface area (Å²) < 4.78 is 39.5. The van der Waals surface area contributed by atoms with E-state index in [2.05, 4.69) is 4.84 Å². The topological polar surface area (TPSA) is 88.2 Å². The number of carbonyl (C=O) groups is 1. The van der Waals surface area contributed by atoms with Gasteiger partial charge in [0.2, 0.25) is 5.96 Å². The molecule has 110 valence electrons. The number of guanidine groups is 1. The first kappa shape index (κ1) is 17.8. The van der Waals surface area contributed by atoms with Gasteiger partial charge in [-0.3, -0.25) is 5.41 Å². The number of nitrogens with two attached hydrogens (primary N) is 1. The van der Waals surface area contributed by atoms with Gasteiger partial charge in [0.15, 0.2) is 11.6 Å². The Hall–Kier alpha value is -2.22. The van der Waals surface area contributed by atoms with Gasteiger partial charge in [0.1, 0.15) is 5.82 Å². The van der Waals surface area contributed by atoms with E-state index in [-0.39, 0.29) is 18.0 Å². The number of carbonyl (C=O) groups excluding carboxylic acids is 1. The average Bonchev–Trinajstić information content (AvgIpc) is 2.36. The van der Waals surface area contributed by atoms with Crippen LogP contribution in [-0.2, 0) is 9.63 Å². The van der Waals surface area contributed by atoms with Gasteiger partial charge in [-0.25, -0.2) is 18.0 Å². The quantitative estimate of drug-likeness (QED) is 0.256. The number of halogens is 4. The Morgan fingerprint density at radius 3 is 2.45 bits per heavy atom. The molecule has 9 heteroatoms. The highest BCUT2D eigenvalue weighted by atomic mass is 35.5. The zero-order valence-corrected chi connectivity index (χ0v) is 11.0. The van der Waals surface area contributed by atoms with Crippen LogP contribution >= 0.6 is 12.4 Å². The molecule has 0 radical (unpaired) electrons. The lowest BCUT2D eigenvalue weighted by Crippen LogP contribution is -2.32. The number of hydroxylamine groups is 1. The minimum Gasteiger partial charge on any atom is -0.368 e. The van der Waals surface area contributed by atoms with Crippen molar-refractivity contribution in [1.82, 2.24) is 5.48 Å². The highest BCUT2D eigenvalue weighted by Gasteiger charge is 2.14. The minimum atomic E-state index is -1.41. The standard InChI is InChI=1S/C11H10F3N3O2.ClH/c1-5(10(18)19-17-11(15)16)4-6-7(12)2-3-8(13)9(6)14;/h2-4H,1H3,(H4,15,16,17);1H/b5-4+;. The maximum atomic E-state index is 13.3. The number of benzene rings is 1. The van der Waals surface area contributed by atoms with Crippen molar-refractivity contribution < 1.29 is 22.8 Å². The molecule has 0 fully saturated rings. The monoisotopic (exact) mass is 309 g/mol. The van der Waals surface area contributed by atoms with E-state index in [1.165, 1.54) is 6.92 Å². The van der Waals surface area contributed by atoms with Crippen molar-refractivity contribution in [3.8, 4) is 0 Å². The Morgan fingerprint density at radius 1 is 1.35 bits per heavy atom. The fourth-order valence-corrected chi connectivity index (χ4v) is 1.13. The summed E-state index contributed by atoms with van der Waals surface area (Å²) in [5.41, 5.74) is 5.72. The van der Waals surface area contributed by atoms with Gasteiger partial charge in [-0.05, 0) is 25.1 Å². The second-order valence-corrected chi connectivity index (χ2v) is 3.49. The Morgan fingerprint density at radius 2 is 1.90 bits per heavy atom. The van der Waals surface area contributed by atoms with Crippen LogP contribution in [0, 0.1) is 22.9 Å². The van der Waals surface area contributed by atoms with Gasteiger partial charge in [-0.15, -0.1) is 12.4 Å². The van der Waals surface area contributed by atoms with Gasteiger partial charge in [0.05, 0.1) is 0 Å². The molecule has 0 aliphatic heterocycles. The SMILES string of the molecule is C/C(=C\c1c(F)ccc(F)c1F)C(=O)ONC(=N)N.Cl. The first-order valence-electron chi connectivity index (χ1n) is 4.96. The predicted molar refractivity (Wildman–Crippen MR) is 68.4 cm³/mol. The van der Waals surface area contributed by atoms with E-state index >= 15 is 0 Å². The number of rotatable bonds is 2. The molecule has 1 aromatic rings. The van der Waals surface area contributed by atoms with Gasteiger partial charge < -0.3 is 10.6 Å². The van der Waals surface area contributed by atoms with Crippen molar-refractivity contribution in [3.63, 3.8) is 0 Å². The Bertz CT molecular complexity index is 564. The maximum absolute atomic E-state index is 13.3. The summed E-state index contributed by atoms with van der Waals surface area (Å²) in [5.74, 6) is -5.31. The van der Waals surface area contributed by atoms with E-state index in [0.717, 1.165) is 12.1 Å². The van der Waals surface area contributed by atoms with E-state index in [4.69, 9.17) is 11.1 Å². The second-order valence-electron chi connectivity index (χ2n) is 3.49. The summed E-state index contributed by atoms with van der Waals surface area (Å²) in [4.78, 5) is 15.6. The molecule has 0 saturated carbocycles. The predicted octanol–water partition coefficient (Wildman–Crippen LogP) is 1.87. The van der Waals surface area contributed by atoms with E-state index in [1.54, 1.807) is 5.48 Å². The number of nitrogens with one attached hydrogen (secondary N) is 2. The fourth-order valence-electron chi connectivity index (χ4n) is 1.13. The third-order valence-corrected chi connectivity index (χ3v) is 2.02. The van der Waals surface area contributed by atoms with Gasteiger partial charge in [0, 0.05) is 11.1 Å². The van der Waals surface area contributed by atoms with Crippen molar-refractivity contribution in [2.24, 2.45) is 5.73 Å². The lowest BCUT2D eigenvalue weighted by atomic mass is 10.1. The van der Waals surface area contributed by atoms with Crippen LogP contribution in [0.4, 0.5) is 13.2 Å². The summed E-state index contributed by atoms with van der Waals surface area (Å²) in [6, 6.07) is 1.36. The van der Waals surface area contributed by atoms with Crippen LogP contribution in [0.25, 0.3) is 6.08 Å². The van der Waals surface area contributed by atoms with Crippen LogP contribution in [0.3, 0.4) is 0 Å². The zero-order chi connectivity index (χ0) is 14.6. The summed E-state index contributed by atoms with van der Waals surface area (Å²) in [5, 5.41) is 6.75. The normalized spacial score (nSPS) is 10.5. The third-order valence-electron chi connectivity index (χ3n) is 2.02. The first-order chi connectivity index (χ1) is 8.82. The molecule has 0 aliphatic rings. The van der Waals surface area contributed by atoms with E-state index in [0.29, 0.717) is 6.07 Å². The molecule has 5 nitrogen and oxygen atoms in total. The van der Waals surface area contributed by atoms with Crippen molar-refractivity contribution in [2.75, 3.05) is 0 Å². The molecule has 0 amide bonds. The largest absolute Gasteiger partial charge is 0.368 e. The van der Waals surface area contributed by atoms with Crippen molar-refractivity contribution in [3.05, 3.63) is 40.7 Å². The minimum absolute atomic E-state index is 0. The van der Waals surface area contributed by atoms with Gasteiger partial charge >= 0.3 is 5.97 Å². The van der Waals surface area contributed by atoms with Crippen LogP contribution in [0.1, 0.15) is 12.5 Å². The number of hydrogen-bond acceptors (Lipinski definition) is 3. The zero-order valence-electron chi connectivity index (χ0n) is 10.2. The second kappa shape index (κ2) is 7.39. The van der Waals surface area contributed by atoms with Crippen LogP contribution in [0.15, 0.2) is 17.7 Å². The van der Waals surface area contributed by atoms with Crippen LogP contribution in [0.2, 0.25) is 0 Å². The fraction of sp³-hybridized carbons (Fsp3) is 0.0909. The molecule has 0 bridgehead atoms. The molecule has 1 aromatic carbocycles. The van der Waals surface area contributed by atoms with Crippen LogP contribution in [0.5, 0.6) is 0 Å². The highest BCUT2D eigenvalue weighted by Crippen LogP contribution is 2.19. The Balaban J connectivity index is 0.00000361. The van der Waals surface area contributed by atoms with Gasteiger partial charge in [0.25, 0.3) is 0 Å². The van der Waals surface area contributed by atoms with E-state index in [9.17, 15) is 18.0 Å². The maximum Gasteiger partial charge on any atom is 0.358 e. The molecule has 0 atom stereocenters. The molecule has 1 rings (SSSR count). The molecule has 0 saturated heterocycles. The third kappa shape index (κ3) is 4.47. The smallest absolute Gasteiger partial charge is 0.358 e. The summed E-state index contributed by atoms with van der Waals surface area (Å²) in [6.07, 6.45) is 0.790. The molecular weight excluding hydrogens is 299 g/mol. The molecule has 0 heterocycles. The summed E-state index contributed by atoms with van der Waals surface area (Å²) in [6.45, 7) is 1.20. The molecule has 4 N–H and O–H groups in total. The Kier molecular flexibility index (Phi) is 6.57. The number of hydrogen-bond donors (Lipinski definition) is 3. The van der Waals surface area contributed by atoms with Crippen molar-refractivity contribution >= 4 is 30.4 Å². The molecule has 0 unspecified atom stereocenters. The summed E-state index contributed by atoms with van der Waals surface area (Å²) in [7, 11) is 0. The average molecular weight is 310 g/mol. The molecule has 0 aromatic heterocycles. The highest BCUT2D eigenvalue weighted by molar-refractivity contribution is 5.93. The lowest BCUT2D eigenvalue weighted by molar-refractivity contribution is -0.142. The van der Waals surface area contributed by atoms with Crippen molar-refractivity contribution in [1.29, 1.82) is 5.41 Å². The summed E-state index contributed by atoms with van der Waals surface area (Å²) >= 11 is 0. The van der Waals surface area contributed by atoms with E-state index < -0.39 is 34.9 Å². The first-order valence-corrected chi connectivity index (χ1v) is 4.96. The van der Waals surface area contributed by atoms with Gasteiger partial charge in [-0.1, -0.05) is 0 Å². The molecule has 20 heavy (non-hydrogen) atoms. The van der Waals surface area contributed by atoms with Crippen LogP contribution < -0.4 is 11.2 Å². The Labute approximate surface area is 118 Å². The van der Waals surface area contributed by atoms with Crippen LogP contribution in [-0.4, -0.2) is 11.9 Å². The molecule has 0 spiro atoms.